The highest BCUT2D eigenvalue weighted by atomic mass is 32.2. The molecule has 2 N–H and O–H groups in total. The summed E-state index contributed by atoms with van der Waals surface area (Å²) in [4.78, 5) is 23.6. The molecule has 0 saturated heterocycles. The second-order valence-corrected chi connectivity index (χ2v) is 8.06. The Balaban J connectivity index is 1.64. The van der Waals surface area contributed by atoms with Gasteiger partial charge in [0, 0.05) is 12.7 Å². The molecule has 3 aromatic rings. The number of anilines is 1. The van der Waals surface area contributed by atoms with E-state index in [-0.39, 0.29) is 17.3 Å². The highest BCUT2D eigenvalue weighted by molar-refractivity contribution is 8.00. The summed E-state index contributed by atoms with van der Waals surface area (Å²) < 4.78 is 20.6. The van der Waals surface area contributed by atoms with Crippen molar-refractivity contribution in [3.05, 3.63) is 65.7 Å². The standard InChI is InChI=1S/C21H21FN4O4S/c1-12(30-17-9-7-15(22)8-10-17)18-24-25-21(26(18)3)31-13(2)19(27)23-16-6-4-5-14(11-16)20(28)29/h4-13H,1-3H3,(H,23,27)(H,28,29). The smallest absolute Gasteiger partial charge is 0.335 e. The zero-order valence-electron chi connectivity index (χ0n) is 17.1. The van der Waals surface area contributed by atoms with E-state index in [4.69, 9.17) is 9.84 Å². The van der Waals surface area contributed by atoms with E-state index in [0.29, 0.717) is 22.4 Å². The predicted molar refractivity (Wildman–Crippen MR) is 114 cm³/mol. The molecule has 10 heteroatoms. The average molecular weight is 444 g/mol. The molecule has 2 atom stereocenters. The molecule has 0 aliphatic rings. The number of nitrogens with zero attached hydrogens (tertiary/aromatic N) is 3. The number of hydrogen-bond acceptors (Lipinski definition) is 6. The molecule has 0 radical (unpaired) electrons. The van der Waals surface area contributed by atoms with Crippen LogP contribution in [0.5, 0.6) is 5.75 Å². The van der Waals surface area contributed by atoms with Crippen molar-refractivity contribution in [1.82, 2.24) is 14.8 Å². The lowest BCUT2D eigenvalue weighted by molar-refractivity contribution is -0.115. The van der Waals surface area contributed by atoms with Crippen LogP contribution in [-0.4, -0.2) is 37.0 Å². The molecule has 8 nitrogen and oxygen atoms in total. The third-order valence-corrected chi connectivity index (χ3v) is 5.52. The maximum absolute atomic E-state index is 13.1. The van der Waals surface area contributed by atoms with Crippen LogP contribution in [0.15, 0.2) is 53.7 Å². The summed E-state index contributed by atoms with van der Waals surface area (Å²) in [6, 6.07) is 11.7. The second kappa shape index (κ2) is 9.61. The van der Waals surface area contributed by atoms with Crippen LogP contribution < -0.4 is 10.1 Å². The molecule has 1 aromatic heterocycles. The number of hydrogen-bond donors (Lipinski definition) is 2. The molecule has 0 spiro atoms. The van der Waals surface area contributed by atoms with Gasteiger partial charge in [0.05, 0.1) is 10.8 Å². The topological polar surface area (TPSA) is 106 Å². The van der Waals surface area contributed by atoms with E-state index in [0.717, 1.165) is 0 Å². The van der Waals surface area contributed by atoms with Gasteiger partial charge in [-0.25, -0.2) is 9.18 Å². The summed E-state index contributed by atoms with van der Waals surface area (Å²) in [5, 5.41) is 20.1. The molecule has 31 heavy (non-hydrogen) atoms. The molecule has 1 amide bonds. The van der Waals surface area contributed by atoms with Gasteiger partial charge in [-0.3, -0.25) is 4.79 Å². The number of rotatable bonds is 8. The Hall–Kier alpha value is -3.40. The molecule has 0 bridgehead atoms. The summed E-state index contributed by atoms with van der Waals surface area (Å²) in [7, 11) is 1.77. The zero-order valence-corrected chi connectivity index (χ0v) is 17.9. The first-order valence-electron chi connectivity index (χ1n) is 9.37. The molecule has 2 unspecified atom stereocenters. The fourth-order valence-corrected chi connectivity index (χ4v) is 3.56. The van der Waals surface area contributed by atoms with E-state index in [2.05, 4.69) is 15.5 Å². The number of amides is 1. The van der Waals surface area contributed by atoms with Gasteiger partial charge < -0.3 is 19.7 Å². The quantitative estimate of drug-likeness (QED) is 0.507. The average Bonchev–Trinajstić information content (AvgIpc) is 3.10. The second-order valence-electron chi connectivity index (χ2n) is 6.75. The number of carbonyl (C=O) groups is 2. The van der Waals surface area contributed by atoms with Crippen molar-refractivity contribution in [2.24, 2.45) is 7.05 Å². The fourth-order valence-electron chi connectivity index (χ4n) is 2.74. The summed E-state index contributed by atoms with van der Waals surface area (Å²) in [6.45, 7) is 3.52. The first kappa shape index (κ1) is 22.3. The molecule has 1 heterocycles. The minimum absolute atomic E-state index is 0.0891. The van der Waals surface area contributed by atoms with Crippen molar-refractivity contribution in [2.75, 3.05) is 5.32 Å². The molecule has 0 aliphatic carbocycles. The highest BCUT2D eigenvalue weighted by Gasteiger charge is 2.22. The van der Waals surface area contributed by atoms with Crippen LogP contribution in [0.25, 0.3) is 0 Å². The van der Waals surface area contributed by atoms with Crippen LogP contribution in [0, 0.1) is 5.82 Å². The number of carboxylic acids is 1. The predicted octanol–water partition coefficient (Wildman–Crippen LogP) is 3.91. The number of ether oxygens (including phenoxy) is 1. The Bertz CT molecular complexity index is 1090. The van der Waals surface area contributed by atoms with Crippen molar-refractivity contribution >= 4 is 29.3 Å². The van der Waals surface area contributed by atoms with Gasteiger partial charge in [0.2, 0.25) is 5.91 Å². The maximum Gasteiger partial charge on any atom is 0.335 e. The van der Waals surface area contributed by atoms with E-state index in [1.165, 1.54) is 48.2 Å². The number of aromatic nitrogens is 3. The van der Waals surface area contributed by atoms with Crippen molar-refractivity contribution in [2.45, 2.75) is 30.4 Å². The number of benzene rings is 2. The summed E-state index contributed by atoms with van der Waals surface area (Å²) >= 11 is 1.21. The maximum atomic E-state index is 13.1. The van der Waals surface area contributed by atoms with Crippen molar-refractivity contribution in [1.29, 1.82) is 0 Å². The fraction of sp³-hybridized carbons (Fsp3) is 0.238. The molecule has 3 rings (SSSR count). The number of aromatic carboxylic acids is 1. The number of nitrogens with one attached hydrogen (secondary N) is 1. The Kier molecular flexibility index (Phi) is 6.91. The van der Waals surface area contributed by atoms with E-state index in [1.807, 2.05) is 0 Å². The minimum atomic E-state index is -1.07. The normalized spacial score (nSPS) is 12.8. The SMILES string of the molecule is CC(Sc1nnc(C(C)Oc2ccc(F)cc2)n1C)C(=O)Nc1cccc(C(=O)O)c1. The lowest BCUT2D eigenvalue weighted by Gasteiger charge is -2.15. The minimum Gasteiger partial charge on any atom is -0.483 e. The van der Waals surface area contributed by atoms with Gasteiger partial charge in [0.1, 0.15) is 11.6 Å². The highest BCUT2D eigenvalue weighted by Crippen LogP contribution is 2.26. The largest absolute Gasteiger partial charge is 0.483 e. The van der Waals surface area contributed by atoms with Gasteiger partial charge in [-0.05, 0) is 56.3 Å². The van der Waals surface area contributed by atoms with Gasteiger partial charge in [0.15, 0.2) is 17.1 Å². The van der Waals surface area contributed by atoms with Gasteiger partial charge in [-0.2, -0.15) is 0 Å². The number of carbonyl (C=O) groups excluding carboxylic acids is 1. The Morgan fingerprint density at radius 1 is 1.16 bits per heavy atom. The molecule has 0 fully saturated rings. The van der Waals surface area contributed by atoms with Crippen molar-refractivity contribution in [3.63, 3.8) is 0 Å². The third kappa shape index (κ3) is 5.60. The summed E-state index contributed by atoms with van der Waals surface area (Å²) in [5.74, 6) is -0.662. The zero-order chi connectivity index (χ0) is 22.5. The van der Waals surface area contributed by atoms with E-state index in [1.54, 1.807) is 37.6 Å². The van der Waals surface area contributed by atoms with Crippen LogP contribution in [0.2, 0.25) is 0 Å². The van der Waals surface area contributed by atoms with Crippen molar-refractivity contribution in [3.8, 4) is 5.75 Å². The summed E-state index contributed by atoms with van der Waals surface area (Å²) in [5.41, 5.74) is 0.489. The Labute approximate surface area is 182 Å². The molecule has 0 saturated carbocycles. The molecule has 0 aliphatic heterocycles. The van der Waals surface area contributed by atoms with Crippen LogP contribution in [0.1, 0.15) is 36.1 Å². The van der Waals surface area contributed by atoms with Crippen LogP contribution in [0.3, 0.4) is 0 Å². The van der Waals surface area contributed by atoms with Crippen LogP contribution in [0.4, 0.5) is 10.1 Å². The van der Waals surface area contributed by atoms with E-state index in [9.17, 15) is 14.0 Å². The molecular weight excluding hydrogens is 423 g/mol. The number of halogens is 1. The summed E-state index contributed by atoms with van der Waals surface area (Å²) in [6.07, 6.45) is -0.444. The number of carboxylic acid groups (broad SMARTS) is 1. The first-order chi connectivity index (χ1) is 14.7. The van der Waals surface area contributed by atoms with Gasteiger partial charge in [-0.15, -0.1) is 10.2 Å². The molecule has 162 valence electrons. The lowest BCUT2D eigenvalue weighted by atomic mass is 10.2. The third-order valence-electron chi connectivity index (χ3n) is 4.39. The Morgan fingerprint density at radius 2 is 1.87 bits per heavy atom. The van der Waals surface area contributed by atoms with Crippen LogP contribution >= 0.6 is 11.8 Å². The molecule has 2 aromatic carbocycles. The monoisotopic (exact) mass is 444 g/mol. The lowest BCUT2D eigenvalue weighted by Crippen LogP contribution is -2.23. The Morgan fingerprint density at radius 3 is 2.55 bits per heavy atom. The number of thioether (sulfide) groups is 1. The van der Waals surface area contributed by atoms with E-state index >= 15 is 0 Å². The molecular formula is C21H21FN4O4S. The van der Waals surface area contributed by atoms with Crippen LogP contribution in [-0.2, 0) is 11.8 Å². The van der Waals surface area contributed by atoms with Gasteiger partial charge in [0.25, 0.3) is 0 Å². The first-order valence-corrected chi connectivity index (χ1v) is 10.2. The van der Waals surface area contributed by atoms with Crippen molar-refractivity contribution < 1.29 is 23.8 Å². The van der Waals surface area contributed by atoms with Gasteiger partial charge in [-0.1, -0.05) is 17.8 Å². The van der Waals surface area contributed by atoms with Gasteiger partial charge >= 0.3 is 5.97 Å². The van der Waals surface area contributed by atoms with E-state index < -0.39 is 17.3 Å².